The van der Waals surface area contributed by atoms with Gasteiger partial charge in [-0.05, 0) is 37.2 Å². The number of alkyl halides is 3. The summed E-state index contributed by atoms with van der Waals surface area (Å²) < 4.78 is 41.7. The van der Waals surface area contributed by atoms with Crippen LogP contribution in [0, 0.1) is 0 Å². The van der Waals surface area contributed by atoms with Gasteiger partial charge in [0.25, 0.3) is 0 Å². The molecule has 0 radical (unpaired) electrons. The molecular weight excluding hydrogens is 371 g/mol. The molecule has 0 saturated carbocycles. The van der Waals surface area contributed by atoms with Crippen molar-refractivity contribution in [2.75, 3.05) is 64.9 Å². The van der Waals surface area contributed by atoms with Crippen molar-refractivity contribution in [3.05, 3.63) is 24.3 Å². The van der Waals surface area contributed by atoms with Gasteiger partial charge in [0.2, 0.25) is 0 Å². The molecule has 0 spiro atoms. The number of methoxy groups -OCH3 is 1. The van der Waals surface area contributed by atoms with Gasteiger partial charge in [0.05, 0.1) is 13.5 Å². The first-order chi connectivity index (χ1) is 13.4. The molecule has 9 heteroatoms. The minimum Gasteiger partial charge on any atom is -0.497 e. The highest BCUT2D eigenvalue weighted by molar-refractivity contribution is 5.79. The number of anilines is 1. The number of hydrogen-bond acceptors (Lipinski definition) is 4. The van der Waals surface area contributed by atoms with Gasteiger partial charge in [-0.15, -0.1) is 0 Å². The summed E-state index contributed by atoms with van der Waals surface area (Å²) in [7, 11) is 3.22. The van der Waals surface area contributed by atoms with E-state index in [-0.39, 0.29) is 6.54 Å². The summed E-state index contributed by atoms with van der Waals surface area (Å²) in [4.78, 5) is 8.71. The van der Waals surface area contributed by atoms with E-state index in [1.165, 1.54) is 5.69 Å². The van der Waals surface area contributed by atoms with E-state index >= 15 is 0 Å². The Hall–Kier alpha value is -2.16. The molecule has 0 atom stereocenters. The van der Waals surface area contributed by atoms with E-state index in [4.69, 9.17) is 4.74 Å². The Morgan fingerprint density at radius 1 is 1.07 bits per heavy atom. The van der Waals surface area contributed by atoms with Crippen LogP contribution in [0.2, 0.25) is 0 Å². The predicted molar refractivity (Wildman–Crippen MR) is 106 cm³/mol. The molecule has 1 aliphatic heterocycles. The Balaban J connectivity index is 1.60. The lowest BCUT2D eigenvalue weighted by atomic mass is 10.2. The number of benzene rings is 1. The number of halogens is 3. The van der Waals surface area contributed by atoms with Crippen LogP contribution in [-0.4, -0.2) is 77.0 Å². The Kier molecular flexibility index (Phi) is 8.69. The zero-order valence-corrected chi connectivity index (χ0v) is 16.6. The molecule has 2 rings (SSSR count). The molecule has 0 aliphatic carbocycles. The summed E-state index contributed by atoms with van der Waals surface area (Å²) in [6.07, 6.45) is -4.12. The summed E-state index contributed by atoms with van der Waals surface area (Å²) >= 11 is 0. The third-order valence-electron chi connectivity index (χ3n) is 4.68. The Bertz CT molecular complexity index is 599. The van der Waals surface area contributed by atoms with Gasteiger partial charge in [0.15, 0.2) is 5.96 Å². The molecule has 1 fully saturated rings. The average Bonchev–Trinajstić information content (AvgIpc) is 2.69. The molecule has 1 saturated heterocycles. The number of ether oxygens (including phenoxy) is 1. The van der Waals surface area contributed by atoms with Crippen molar-refractivity contribution < 1.29 is 17.9 Å². The Labute approximate surface area is 164 Å². The number of hydrogen-bond donors (Lipinski definition) is 2. The van der Waals surface area contributed by atoms with Crippen molar-refractivity contribution in [2.24, 2.45) is 4.99 Å². The average molecular weight is 401 g/mol. The zero-order chi connectivity index (χ0) is 20.4. The summed E-state index contributed by atoms with van der Waals surface area (Å²) in [5.41, 5.74) is 1.20. The van der Waals surface area contributed by atoms with E-state index < -0.39 is 12.6 Å². The third-order valence-corrected chi connectivity index (χ3v) is 4.68. The molecule has 1 aliphatic rings. The van der Waals surface area contributed by atoms with Gasteiger partial charge in [-0.1, -0.05) is 0 Å². The zero-order valence-electron chi connectivity index (χ0n) is 16.6. The lowest BCUT2D eigenvalue weighted by Gasteiger charge is -2.36. The number of guanidine groups is 1. The second-order valence-electron chi connectivity index (χ2n) is 6.67. The molecule has 28 heavy (non-hydrogen) atoms. The van der Waals surface area contributed by atoms with E-state index in [1.807, 2.05) is 12.1 Å². The topological polar surface area (TPSA) is 52.1 Å². The predicted octanol–water partition coefficient (Wildman–Crippen LogP) is 2.32. The molecule has 0 unspecified atom stereocenters. The highest BCUT2D eigenvalue weighted by atomic mass is 19.4. The smallest absolute Gasteiger partial charge is 0.390 e. The van der Waals surface area contributed by atoms with Gasteiger partial charge in [0.1, 0.15) is 5.75 Å². The van der Waals surface area contributed by atoms with Gasteiger partial charge in [-0.3, -0.25) is 9.89 Å². The Morgan fingerprint density at radius 3 is 2.29 bits per heavy atom. The van der Waals surface area contributed by atoms with E-state index in [0.717, 1.165) is 44.9 Å². The van der Waals surface area contributed by atoms with E-state index in [0.29, 0.717) is 12.5 Å². The van der Waals surface area contributed by atoms with Crippen molar-refractivity contribution in [3.63, 3.8) is 0 Å². The van der Waals surface area contributed by atoms with E-state index in [9.17, 15) is 13.2 Å². The largest absolute Gasteiger partial charge is 0.497 e. The minimum absolute atomic E-state index is 0.170. The number of nitrogens with one attached hydrogen (secondary N) is 2. The summed E-state index contributed by atoms with van der Waals surface area (Å²) in [5, 5.41) is 5.75. The van der Waals surface area contributed by atoms with E-state index in [1.54, 1.807) is 14.2 Å². The van der Waals surface area contributed by atoms with Crippen molar-refractivity contribution >= 4 is 11.6 Å². The first kappa shape index (κ1) is 22.1. The number of nitrogens with zero attached hydrogens (tertiary/aromatic N) is 3. The van der Waals surface area contributed by atoms with Crippen LogP contribution in [0.15, 0.2) is 29.3 Å². The maximum Gasteiger partial charge on any atom is 0.390 e. The highest BCUT2D eigenvalue weighted by Gasteiger charge is 2.26. The molecule has 158 valence electrons. The molecule has 1 aromatic carbocycles. The van der Waals surface area contributed by atoms with Crippen LogP contribution < -0.4 is 20.3 Å². The summed E-state index contributed by atoms with van der Waals surface area (Å²) in [5.74, 6) is 1.27. The van der Waals surface area contributed by atoms with Gasteiger partial charge in [-0.2, -0.15) is 13.2 Å². The van der Waals surface area contributed by atoms with Gasteiger partial charge >= 0.3 is 6.18 Å². The molecule has 1 heterocycles. The van der Waals surface area contributed by atoms with Crippen LogP contribution in [-0.2, 0) is 0 Å². The van der Waals surface area contributed by atoms with Crippen LogP contribution in [0.1, 0.15) is 12.8 Å². The molecular formula is C19H30F3N5O. The summed E-state index contributed by atoms with van der Waals surface area (Å²) in [6.45, 7) is 5.37. The number of aliphatic imine (C=N–C) groups is 1. The molecule has 0 aromatic heterocycles. The minimum atomic E-state index is -4.15. The van der Waals surface area contributed by atoms with Crippen molar-refractivity contribution in [1.82, 2.24) is 15.5 Å². The second-order valence-corrected chi connectivity index (χ2v) is 6.67. The summed E-state index contributed by atoms with van der Waals surface area (Å²) in [6, 6.07) is 8.11. The highest BCUT2D eigenvalue weighted by Crippen LogP contribution is 2.20. The quantitative estimate of drug-likeness (QED) is 0.398. The maximum absolute atomic E-state index is 12.2. The second kappa shape index (κ2) is 11.0. The van der Waals surface area contributed by atoms with Gasteiger partial charge < -0.3 is 20.3 Å². The monoisotopic (exact) mass is 401 g/mol. The van der Waals surface area contributed by atoms with Crippen molar-refractivity contribution in [2.45, 2.75) is 19.0 Å². The van der Waals surface area contributed by atoms with Crippen molar-refractivity contribution in [3.8, 4) is 5.75 Å². The van der Waals surface area contributed by atoms with Gasteiger partial charge in [-0.25, -0.2) is 0 Å². The van der Waals surface area contributed by atoms with Crippen molar-refractivity contribution in [1.29, 1.82) is 0 Å². The fourth-order valence-corrected chi connectivity index (χ4v) is 3.08. The van der Waals surface area contributed by atoms with Crippen LogP contribution in [0.25, 0.3) is 0 Å². The molecule has 6 nitrogen and oxygen atoms in total. The number of piperazine rings is 1. The lowest BCUT2D eigenvalue weighted by Crippen LogP contribution is -2.47. The number of rotatable bonds is 8. The van der Waals surface area contributed by atoms with Crippen LogP contribution in [0.5, 0.6) is 5.75 Å². The lowest BCUT2D eigenvalue weighted by molar-refractivity contribution is -0.132. The fraction of sp³-hybridized carbons (Fsp3) is 0.632. The first-order valence-corrected chi connectivity index (χ1v) is 9.54. The molecule has 0 bridgehead atoms. The standard InChI is InChI=1S/C19H30F3N5O/c1-23-18(25-10-8-19(20,21)22)24-9-3-11-26-12-14-27(15-13-26)16-4-6-17(28-2)7-5-16/h4-7H,3,8-15H2,1-2H3,(H2,23,24,25). The normalized spacial score (nSPS) is 16.2. The van der Waals surface area contributed by atoms with Gasteiger partial charge in [0, 0.05) is 52.0 Å². The molecule has 2 N–H and O–H groups in total. The molecule has 1 aromatic rings. The third kappa shape index (κ3) is 7.84. The first-order valence-electron chi connectivity index (χ1n) is 9.54. The maximum atomic E-state index is 12.2. The SMILES string of the molecule is CN=C(NCCCN1CCN(c2ccc(OC)cc2)CC1)NCCC(F)(F)F. The fourth-order valence-electron chi connectivity index (χ4n) is 3.08. The van der Waals surface area contributed by atoms with E-state index in [2.05, 4.69) is 37.6 Å². The van der Waals surface area contributed by atoms with Crippen LogP contribution >= 0.6 is 0 Å². The van der Waals surface area contributed by atoms with Crippen LogP contribution in [0.4, 0.5) is 18.9 Å². The van der Waals surface area contributed by atoms with Crippen LogP contribution in [0.3, 0.4) is 0 Å². The molecule has 0 amide bonds. The Morgan fingerprint density at radius 2 is 1.71 bits per heavy atom.